The average Bonchev–Trinajstić information content (AvgIpc) is 2.83. The van der Waals surface area contributed by atoms with Gasteiger partial charge in [-0.3, -0.25) is 0 Å². The molecule has 1 unspecified atom stereocenters. The standard InChI is InChI=1S/C12H19NOS2/c1-8-12(9(2)14)16-11(13-8)7-15-10-5-3-4-6-10/h9-10,14H,3-7H2,1-2H3. The van der Waals surface area contributed by atoms with Crippen LogP contribution in [-0.4, -0.2) is 15.3 Å². The molecule has 1 fully saturated rings. The van der Waals surface area contributed by atoms with Crippen LogP contribution in [-0.2, 0) is 5.75 Å². The number of thiazole rings is 1. The molecule has 0 saturated heterocycles. The van der Waals surface area contributed by atoms with Gasteiger partial charge in [-0.15, -0.1) is 11.3 Å². The lowest BCUT2D eigenvalue weighted by Gasteiger charge is -2.05. The molecule has 90 valence electrons. The smallest absolute Gasteiger partial charge is 0.103 e. The molecule has 1 heterocycles. The molecule has 0 aliphatic heterocycles. The van der Waals surface area contributed by atoms with Crippen molar-refractivity contribution in [2.24, 2.45) is 0 Å². The molecule has 0 bridgehead atoms. The van der Waals surface area contributed by atoms with E-state index in [9.17, 15) is 5.11 Å². The maximum atomic E-state index is 9.56. The number of rotatable bonds is 4. The molecule has 1 aromatic heterocycles. The van der Waals surface area contributed by atoms with Crippen molar-refractivity contribution >= 4 is 23.1 Å². The number of thioether (sulfide) groups is 1. The minimum atomic E-state index is -0.372. The van der Waals surface area contributed by atoms with Crippen molar-refractivity contribution in [1.82, 2.24) is 4.98 Å². The Balaban J connectivity index is 1.91. The predicted molar refractivity (Wildman–Crippen MR) is 71.0 cm³/mol. The predicted octanol–water partition coefficient (Wildman–Crippen LogP) is 3.68. The summed E-state index contributed by atoms with van der Waals surface area (Å²) in [5.41, 5.74) is 1.00. The van der Waals surface area contributed by atoms with Crippen molar-refractivity contribution in [3.63, 3.8) is 0 Å². The van der Waals surface area contributed by atoms with E-state index in [0.717, 1.165) is 21.6 Å². The first-order chi connectivity index (χ1) is 7.66. The third kappa shape index (κ3) is 2.99. The Kier molecular flexibility index (Phi) is 4.27. The molecule has 2 rings (SSSR count). The molecule has 4 heteroatoms. The number of nitrogens with zero attached hydrogens (tertiary/aromatic N) is 1. The fourth-order valence-electron chi connectivity index (χ4n) is 2.16. The zero-order valence-corrected chi connectivity index (χ0v) is 11.5. The van der Waals surface area contributed by atoms with E-state index in [1.165, 1.54) is 30.7 Å². The fourth-order valence-corrected chi connectivity index (χ4v) is 4.51. The quantitative estimate of drug-likeness (QED) is 0.893. The van der Waals surface area contributed by atoms with Crippen LogP contribution < -0.4 is 0 Å². The van der Waals surface area contributed by atoms with E-state index in [0.29, 0.717) is 0 Å². The highest BCUT2D eigenvalue weighted by Crippen LogP contribution is 2.33. The number of hydrogen-bond donors (Lipinski definition) is 1. The Bertz CT molecular complexity index is 343. The summed E-state index contributed by atoms with van der Waals surface area (Å²) in [6.07, 6.45) is 5.17. The molecule has 0 spiro atoms. The third-order valence-corrected chi connectivity index (χ3v) is 5.89. The summed E-state index contributed by atoms with van der Waals surface area (Å²) >= 11 is 3.71. The fraction of sp³-hybridized carbons (Fsp3) is 0.750. The number of aliphatic hydroxyl groups excluding tert-OH is 1. The number of aromatic nitrogens is 1. The maximum Gasteiger partial charge on any atom is 0.103 e. The van der Waals surface area contributed by atoms with Gasteiger partial charge in [-0.25, -0.2) is 4.98 Å². The highest BCUT2D eigenvalue weighted by Gasteiger charge is 2.17. The highest BCUT2D eigenvalue weighted by atomic mass is 32.2. The zero-order chi connectivity index (χ0) is 11.5. The SMILES string of the molecule is Cc1nc(CSC2CCCC2)sc1C(C)O. The summed E-state index contributed by atoms with van der Waals surface area (Å²) < 4.78 is 0. The van der Waals surface area contributed by atoms with Gasteiger partial charge in [0, 0.05) is 11.0 Å². The monoisotopic (exact) mass is 257 g/mol. The molecule has 2 nitrogen and oxygen atoms in total. The Hall–Kier alpha value is -0.0600. The van der Waals surface area contributed by atoms with E-state index < -0.39 is 0 Å². The second kappa shape index (κ2) is 5.52. The van der Waals surface area contributed by atoms with Crippen molar-refractivity contribution in [2.75, 3.05) is 0 Å². The molecule has 1 N–H and O–H groups in total. The molecule has 0 radical (unpaired) electrons. The van der Waals surface area contributed by atoms with Gasteiger partial charge in [0.05, 0.1) is 16.7 Å². The lowest BCUT2D eigenvalue weighted by molar-refractivity contribution is 0.202. The second-order valence-electron chi connectivity index (χ2n) is 4.45. The van der Waals surface area contributed by atoms with E-state index in [2.05, 4.69) is 4.98 Å². The molecule has 1 atom stereocenters. The van der Waals surface area contributed by atoms with E-state index in [1.54, 1.807) is 11.3 Å². The van der Waals surface area contributed by atoms with Crippen LogP contribution in [0, 0.1) is 6.92 Å². The van der Waals surface area contributed by atoms with Gasteiger partial charge in [0.15, 0.2) is 0 Å². The Morgan fingerprint density at radius 2 is 2.19 bits per heavy atom. The van der Waals surface area contributed by atoms with Gasteiger partial charge < -0.3 is 5.11 Å². The summed E-state index contributed by atoms with van der Waals surface area (Å²) in [5.74, 6) is 1.02. The van der Waals surface area contributed by atoms with Crippen LogP contribution in [0.2, 0.25) is 0 Å². The lowest BCUT2D eigenvalue weighted by atomic mass is 10.3. The van der Waals surface area contributed by atoms with Gasteiger partial charge in [-0.1, -0.05) is 12.8 Å². The van der Waals surface area contributed by atoms with Crippen molar-refractivity contribution in [2.45, 2.75) is 56.6 Å². The van der Waals surface area contributed by atoms with E-state index in [4.69, 9.17) is 0 Å². The van der Waals surface area contributed by atoms with Crippen LogP contribution in [0.5, 0.6) is 0 Å². The third-order valence-electron chi connectivity index (χ3n) is 3.00. The molecular formula is C12H19NOS2. The van der Waals surface area contributed by atoms with E-state index >= 15 is 0 Å². The van der Waals surface area contributed by atoms with Crippen LogP contribution in [0.25, 0.3) is 0 Å². The first-order valence-corrected chi connectivity index (χ1v) is 7.79. The molecule has 1 aromatic rings. The Morgan fingerprint density at radius 3 is 2.75 bits per heavy atom. The highest BCUT2D eigenvalue weighted by molar-refractivity contribution is 7.99. The first-order valence-electron chi connectivity index (χ1n) is 5.92. The molecule has 1 saturated carbocycles. The Labute approximate surface area is 105 Å². The van der Waals surface area contributed by atoms with Crippen LogP contribution in [0.15, 0.2) is 0 Å². The van der Waals surface area contributed by atoms with Gasteiger partial charge in [0.25, 0.3) is 0 Å². The van der Waals surface area contributed by atoms with E-state index in [-0.39, 0.29) is 6.10 Å². The van der Waals surface area contributed by atoms with Crippen LogP contribution in [0.3, 0.4) is 0 Å². The average molecular weight is 257 g/mol. The lowest BCUT2D eigenvalue weighted by Crippen LogP contribution is -1.94. The van der Waals surface area contributed by atoms with Crippen molar-refractivity contribution in [3.8, 4) is 0 Å². The minimum absolute atomic E-state index is 0.372. The summed E-state index contributed by atoms with van der Waals surface area (Å²) in [6.45, 7) is 3.80. The summed E-state index contributed by atoms with van der Waals surface area (Å²) in [4.78, 5) is 5.56. The normalized spacial score (nSPS) is 19.2. The van der Waals surface area contributed by atoms with E-state index in [1.807, 2.05) is 25.6 Å². The van der Waals surface area contributed by atoms with Gasteiger partial charge >= 0.3 is 0 Å². The van der Waals surface area contributed by atoms with Gasteiger partial charge in [-0.05, 0) is 26.7 Å². The summed E-state index contributed by atoms with van der Waals surface area (Å²) in [6, 6.07) is 0. The molecule has 0 amide bonds. The largest absolute Gasteiger partial charge is 0.388 e. The van der Waals surface area contributed by atoms with Crippen molar-refractivity contribution in [3.05, 3.63) is 15.6 Å². The number of aryl methyl sites for hydroxylation is 1. The van der Waals surface area contributed by atoms with Crippen LogP contribution in [0.1, 0.15) is 54.3 Å². The topological polar surface area (TPSA) is 33.1 Å². The van der Waals surface area contributed by atoms with Crippen molar-refractivity contribution < 1.29 is 5.11 Å². The van der Waals surface area contributed by atoms with Crippen LogP contribution >= 0.6 is 23.1 Å². The number of aliphatic hydroxyl groups is 1. The Morgan fingerprint density at radius 1 is 1.50 bits per heavy atom. The summed E-state index contributed by atoms with van der Waals surface area (Å²) in [7, 11) is 0. The second-order valence-corrected chi connectivity index (χ2v) is 6.85. The summed E-state index contributed by atoms with van der Waals surface area (Å²) in [5, 5.41) is 11.6. The maximum absolute atomic E-state index is 9.56. The van der Waals surface area contributed by atoms with Crippen LogP contribution in [0.4, 0.5) is 0 Å². The van der Waals surface area contributed by atoms with Crippen molar-refractivity contribution in [1.29, 1.82) is 0 Å². The van der Waals surface area contributed by atoms with Gasteiger partial charge in [-0.2, -0.15) is 11.8 Å². The number of hydrogen-bond acceptors (Lipinski definition) is 4. The molecule has 1 aliphatic carbocycles. The molecule has 0 aromatic carbocycles. The minimum Gasteiger partial charge on any atom is -0.388 e. The first kappa shape index (κ1) is 12.4. The molecule has 1 aliphatic rings. The molecular weight excluding hydrogens is 238 g/mol. The zero-order valence-electron chi connectivity index (χ0n) is 9.90. The van der Waals surface area contributed by atoms with Gasteiger partial charge in [0.1, 0.15) is 5.01 Å². The van der Waals surface area contributed by atoms with Gasteiger partial charge in [0.2, 0.25) is 0 Å². The molecule has 16 heavy (non-hydrogen) atoms.